The maximum Gasteiger partial charge on any atom is 0.326 e. The van der Waals surface area contributed by atoms with Gasteiger partial charge in [0.15, 0.2) is 0 Å². The zero-order valence-corrected chi connectivity index (χ0v) is 10.4. The lowest BCUT2D eigenvalue weighted by atomic mass is 9.98. The highest BCUT2D eigenvalue weighted by molar-refractivity contribution is 5.63. The van der Waals surface area contributed by atoms with Crippen molar-refractivity contribution in [3.63, 3.8) is 0 Å². The van der Waals surface area contributed by atoms with Crippen molar-refractivity contribution in [2.75, 3.05) is 0 Å². The molecule has 0 aromatic heterocycles. The largest absolute Gasteiger partial charge is 0.326 e. The van der Waals surface area contributed by atoms with E-state index in [2.05, 4.69) is 0 Å². The van der Waals surface area contributed by atoms with E-state index in [1.807, 2.05) is 30.3 Å². The molecule has 5 heteroatoms. The summed E-state index contributed by atoms with van der Waals surface area (Å²) < 4.78 is 50.9. The van der Waals surface area contributed by atoms with Crippen LogP contribution in [0, 0.1) is 0 Å². The molecule has 0 radical (unpaired) electrons. The maximum absolute atomic E-state index is 13.2. The van der Waals surface area contributed by atoms with Crippen LogP contribution in [-0.4, -0.2) is 12.3 Å². The van der Waals surface area contributed by atoms with Crippen molar-refractivity contribution in [1.82, 2.24) is 0 Å². The predicted molar refractivity (Wildman–Crippen MR) is 69.8 cm³/mol. The van der Waals surface area contributed by atoms with Gasteiger partial charge >= 0.3 is 12.3 Å². The van der Waals surface area contributed by atoms with Crippen molar-refractivity contribution in [3.8, 4) is 11.1 Å². The van der Waals surface area contributed by atoms with Crippen LogP contribution in [0.5, 0.6) is 0 Å². The molecule has 0 amide bonds. The van der Waals surface area contributed by atoms with E-state index in [4.69, 9.17) is 5.73 Å². The van der Waals surface area contributed by atoms with Gasteiger partial charge in [-0.25, -0.2) is 8.78 Å². The highest BCUT2D eigenvalue weighted by atomic mass is 19.3. The Bertz CT molecular complexity index is 552. The molecule has 20 heavy (non-hydrogen) atoms. The predicted octanol–water partition coefficient (Wildman–Crippen LogP) is 4.25. The Morgan fingerprint density at radius 2 is 1.30 bits per heavy atom. The van der Waals surface area contributed by atoms with Gasteiger partial charge in [0.25, 0.3) is 0 Å². The molecule has 2 rings (SSSR count). The monoisotopic (exact) mass is 283 g/mol. The molecule has 1 unspecified atom stereocenters. The van der Waals surface area contributed by atoms with Crippen molar-refractivity contribution in [1.29, 1.82) is 0 Å². The van der Waals surface area contributed by atoms with E-state index in [-0.39, 0.29) is 5.56 Å². The Hall–Kier alpha value is -1.88. The average molecular weight is 283 g/mol. The van der Waals surface area contributed by atoms with Crippen LogP contribution in [0.15, 0.2) is 54.6 Å². The molecule has 0 aliphatic heterocycles. The molecule has 1 nitrogen and oxygen atoms in total. The molecule has 2 aromatic rings. The maximum atomic E-state index is 13.2. The molecule has 2 N–H and O–H groups in total. The molecule has 0 bridgehead atoms. The van der Waals surface area contributed by atoms with Gasteiger partial charge in [0, 0.05) is 0 Å². The molecule has 0 aliphatic rings. The van der Waals surface area contributed by atoms with Gasteiger partial charge in [-0.15, -0.1) is 0 Å². The summed E-state index contributed by atoms with van der Waals surface area (Å²) in [5, 5.41) is 0. The van der Waals surface area contributed by atoms with Gasteiger partial charge in [0.05, 0.1) is 0 Å². The molecule has 2 aromatic carbocycles. The highest BCUT2D eigenvalue weighted by Crippen LogP contribution is 2.35. The summed E-state index contributed by atoms with van der Waals surface area (Å²) in [6.07, 6.45) is -3.79. The van der Waals surface area contributed by atoms with Crippen LogP contribution >= 0.6 is 0 Å². The highest BCUT2D eigenvalue weighted by Gasteiger charge is 2.47. The number of rotatable bonds is 4. The van der Waals surface area contributed by atoms with Crippen LogP contribution in [0.4, 0.5) is 17.6 Å². The summed E-state index contributed by atoms with van der Waals surface area (Å²) in [6, 6.07) is 13.1. The minimum atomic E-state index is -4.24. The SMILES string of the molecule is NC(c1ccc(-c2ccccc2)cc1)C(F)(F)C(F)F. The average Bonchev–Trinajstić information content (AvgIpc) is 2.47. The lowest BCUT2D eigenvalue weighted by Crippen LogP contribution is -2.39. The second-order valence-electron chi connectivity index (χ2n) is 4.44. The zero-order valence-electron chi connectivity index (χ0n) is 10.4. The Kier molecular flexibility index (Phi) is 4.09. The van der Waals surface area contributed by atoms with Crippen LogP contribution in [0.1, 0.15) is 11.6 Å². The summed E-state index contributed by atoms with van der Waals surface area (Å²) in [7, 11) is 0. The molecule has 0 fully saturated rings. The van der Waals surface area contributed by atoms with Crippen molar-refractivity contribution in [3.05, 3.63) is 60.2 Å². The van der Waals surface area contributed by atoms with Gasteiger partial charge in [-0.1, -0.05) is 54.6 Å². The van der Waals surface area contributed by atoms with Crippen molar-refractivity contribution >= 4 is 0 Å². The van der Waals surface area contributed by atoms with Crippen molar-refractivity contribution < 1.29 is 17.6 Å². The standard InChI is InChI=1S/C15H13F4N/c16-14(17)15(18,19)13(20)12-8-6-11(7-9-12)10-4-2-1-3-5-10/h1-9,13-14H,20H2. The summed E-state index contributed by atoms with van der Waals surface area (Å²) >= 11 is 0. The quantitative estimate of drug-likeness (QED) is 0.834. The van der Waals surface area contributed by atoms with E-state index >= 15 is 0 Å². The van der Waals surface area contributed by atoms with Gasteiger partial charge in [0.2, 0.25) is 0 Å². The van der Waals surface area contributed by atoms with E-state index in [0.29, 0.717) is 0 Å². The summed E-state index contributed by atoms with van der Waals surface area (Å²) in [4.78, 5) is 0. The van der Waals surface area contributed by atoms with Gasteiger partial charge in [-0.05, 0) is 16.7 Å². The molecule has 0 saturated heterocycles. The first kappa shape index (κ1) is 14.5. The van der Waals surface area contributed by atoms with Gasteiger partial charge < -0.3 is 5.73 Å². The number of hydrogen-bond donors (Lipinski definition) is 1. The first-order chi connectivity index (χ1) is 9.43. The number of nitrogens with two attached hydrogens (primary N) is 1. The van der Waals surface area contributed by atoms with Crippen LogP contribution in [0.3, 0.4) is 0 Å². The summed E-state index contributed by atoms with van der Waals surface area (Å²) in [5.74, 6) is -4.24. The normalized spacial score (nSPS) is 13.5. The lowest BCUT2D eigenvalue weighted by Gasteiger charge is -2.23. The van der Waals surface area contributed by atoms with E-state index in [9.17, 15) is 17.6 Å². The number of halogens is 4. The molecule has 0 heterocycles. The minimum Gasteiger partial charge on any atom is -0.319 e. The Labute approximate surface area is 114 Å². The lowest BCUT2D eigenvalue weighted by molar-refractivity contribution is -0.144. The number of benzene rings is 2. The first-order valence-electron chi connectivity index (χ1n) is 6.00. The molecule has 106 valence electrons. The van der Waals surface area contributed by atoms with Crippen LogP contribution in [-0.2, 0) is 0 Å². The second kappa shape index (κ2) is 5.63. The Morgan fingerprint density at radius 3 is 1.80 bits per heavy atom. The second-order valence-corrected chi connectivity index (χ2v) is 4.44. The third-order valence-corrected chi connectivity index (χ3v) is 3.08. The van der Waals surface area contributed by atoms with E-state index in [1.54, 1.807) is 12.1 Å². The summed E-state index contributed by atoms with van der Waals surface area (Å²) in [6.45, 7) is 0. The molecule has 0 spiro atoms. The Morgan fingerprint density at radius 1 is 0.800 bits per heavy atom. The van der Waals surface area contributed by atoms with Gasteiger partial charge in [0.1, 0.15) is 6.04 Å². The van der Waals surface area contributed by atoms with Crippen molar-refractivity contribution in [2.24, 2.45) is 5.73 Å². The van der Waals surface area contributed by atoms with Crippen LogP contribution in [0.2, 0.25) is 0 Å². The van der Waals surface area contributed by atoms with E-state index in [0.717, 1.165) is 11.1 Å². The summed E-state index contributed by atoms with van der Waals surface area (Å²) in [5.41, 5.74) is 6.93. The molecular formula is C15H13F4N. The smallest absolute Gasteiger partial charge is 0.319 e. The Balaban J connectivity index is 2.25. The first-order valence-corrected chi connectivity index (χ1v) is 6.00. The van der Waals surface area contributed by atoms with Crippen LogP contribution in [0.25, 0.3) is 11.1 Å². The van der Waals surface area contributed by atoms with E-state index in [1.165, 1.54) is 12.1 Å². The third-order valence-electron chi connectivity index (χ3n) is 3.08. The number of hydrogen-bond acceptors (Lipinski definition) is 1. The van der Waals surface area contributed by atoms with Crippen molar-refractivity contribution in [2.45, 2.75) is 18.4 Å². The molecule has 0 aliphatic carbocycles. The fraction of sp³-hybridized carbons (Fsp3) is 0.200. The third kappa shape index (κ3) is 2.82. The van der Waals surface area contributed by atoms with Gasteiger partial charge in [-0.2, -0.15) is 8.78 Å². The molecular weight excluding hydrogens is 270 g/mol. The van der Waals surface area contributed by atoms with E-state index < -0.39 is 18.4 Å². The topological polar surface area (TPSA) is 26.0 Å². The zero-order chi connectivity index (χ0) is 14.8. The fourth-order valence-corrected chi connectivity index (χ4v) is 1.87. The number of alkyl halides is 4. The van der Waals surface area contributed by atoms with Gasteiger partial charge in [-0.3, -0.25) is 0 Å². The minimum absolute atomic E-state index is 0.0185. The molecule has 0 saturated carbocycles. The van der Waals surface area contributed by atoms with Crippen LogP contribution < -0.4 is 5.73 Å². The molecule has 1 atom stereocenters. The fourth-order valence-electron chi connectivity index (χ4n) is 1.87.